The SMILES string of the molecule is C=Cc1cc(Oc2ccnc(Nc3ccc(C)c(F)c3)n2)ccc1N. The average Bonchev–Trinajstić information content (AvgIpc) is 2.60. The number of nitrogens with two attached hydrogens (primary N) is 1. The number of rotatable bonds is 5. The van der Waals surface area contributed by atoms with Crippen molar-refractivity contribution in [3.8, 4) is 11.6 Å². The molecule has 0 fully saturated rings. The summed E-state index contributed by atoms with van der Waals surface area (Å²) in [5.74, 6) is 0.941. The van der Waals surface area contributed by atoms with Gasteiger partial charge in [0.15, 0.2) is 0 Å². The quantitative estimate of drug-likeness (QED) is 0.662. The molecule has 3 aromatic rings. The van der Waals surface area contributed by atoms with E-state index in [9.17, 15) is 4.39 Å². The molecule has 3 N–H and O–H groups in total. The molecule has 0 aliphatic carbocycles. The molecular weight excluding hydrogens is 319 g/mol. The van der Waals surface area contributed by atoms with Crippen LogP contribution in [0.4, 0.5) is 21.7 Å². The number of nitrogens with one attached hydrogen (secondary N) is 1. The van der Waals surface area contributed by atoms with Gasteiger partial charge in [-0.05, 0) is 42.8 Å². The highest BCUT2D eigenvalue weighted by Gasteiger charge is 2.06. The van der Waals surface area contributed by atoms with Crippen molar-refractivity contribution in [2.75, 3.05) is 11.1 Å². The van der Waals surface area contributed by atoms with E-state index in [-0.39, 0.29) is 5.82 Å². The first-order valence-electron chi connectivity index (χ1n) is 7.61. The number of benzene rings is 2. The highest BCUT2D eigenvalue weighted by molar-refractivity contribution is 5.65. The number of hydrogen-bond donors (Lipinski definition) is 2. The van der Waals surface area contributed by atoms with Gasteiger partial charge in [-0.2, -0.15) is 4.98 Å². The van der Waals surface area contributed by atoms with Gasteiger partial charge in [0, 0.05) is 29.2 Å². The van der Waals surface area contributed by atoms with Crippen LogP contribution >= 0.6 is 0 Å². The van der Waals surface area contributed by atoms with Gasteiger partial charge < -0.3 is 15.8 Å². The molecule has 25 heavy (non-hydrogen) atoms. The van der Waals surface area contributed by atoms with Crippen molar-refractivity contribution in [3.63, 3.8) is 0 Å². The van der Waals surface area contributed by atoms with E-state index in [1.54, 1.807) is 55.6 Å². The van der Waals surface area contributed by atoms with Crippen LogP contribution in [0, 0.1) is 12.7 Å². The summed E-state index contributed by atoms with van der Waals surface area (Å²) >= 11 is 0. The number of halogens is 1. The smallest absolute Gasteiger partial charge is 0.230 e. The standard InChI is InChI=1S/C19H17FN4O/c1-3-13-10-15(6-7-17(13)21)25-18-8-9-22-19(24-18)23-14-5-4-12(2)16(20)11-14/h3-11H,1,21H2,2H3,(H,22,23,24). The number of nitrogens with zero attached hydrogens (tertiary/aromatic N) is 2. The molecule has 0 aliphatic heterocycles. The van der Waals surface area contributed by atoms with Crippen LogP contribution < -0.4 is 15.8 Å². The summed E-state index contributed by atoms with van der Waals surface area (Å²) in [4.78, 5) is 8.38. The lowest BCUT2D eigenvalue weighted by Crippen LogP contribution is -1.99. The Morgan fingerprint density at radius 2 is 2.04 bits per heavy atom. The molecule has 126 valence electrons. The third-order valence-corrected chi connectivity index (χ3v) is 3.56. The van der Waals surface area contributed by atoms with Crippen molar-refractivity contribution < 1.29 is 9.13 Å². The largest absolute Gasteiger partial charge is 0.439 e. The molecular formula is C19H17FN4O. The fourth-order valence-corrected chi connectivity index (χ4v) is 2.17. The van der Waals surface area contributed by atoms with Gasteiger partial charge in [-0.1, -0.05) is 18.7 Å². The lowest BCUT2D eigenvalue weighted by Gasteiger charge is -2.09. The van der Waals surface area contributed by atoms with Crippen LogP contribution in [-0.4, -0.2) is 9.97 Å². The van der Waals surface area contributed by atoms with Gasteiger partial charge in [0.1, 0.15) is 11.6 Å². The summed E-state index contributed by atoms with van der Waals surface area (Å²) in [5.41, 5.74) is 8.36. The molecule has 2 aromatic carbocycles. The molecule has 1 aromatic heterocycles. The van der Waals surface area contributed by atoms with E-state index in [1.807, 2.05) is 0 Å². The Morgan fingerprint density at radius 3 is 2.80 bits per heavy atom. The van der Waals surface area contributed by atoms with E-state index < -0.39 is 0 Å². The summed E-state index contributed by atoms with van der Waals surface area (Å²) in [5, 5.41) is 2.95. The Labute approximate surface area is 145 Å². The number of aromatic nitrogens is 2. The van der Waals surface area contributed by atoms with Crippen molar-refractivity contribution >= 4 is 23.4 Å². The first-order valence-corrected chi connectivity index (χ1v) is 7.61. The van der Waals surface area contributed by atoms with Gasteiger partial charge >= 0.3 is 0 Å². The molecule has 0 bridgehead atoms. The topological polar surface area (TPSA) is 73.1 Å². The predicted molar refractivity (Wildman–Crippen MR) is 97.5 cm³/mol. The molecule has 0 aliphatic rings. The Kier molecular flexibility index (Phi) is 4.61. The number of anilines is 3. The summed E-state index contributed by atoms with van der Waals surface area (Å²) in [6.07, 6.45) is 3.21. The number of nitrogen functional groups attached to an aromatic ring is 1. The van der Waals surface area contributed by atoms with Crippen LogP contribution in [0.5, 0.6) is 11.6 Å². The Morgan fingerprint density at radius 1 is 1.20 bits per heavy atom. The van der Waals surface area contributed by atoms with E-state index >= 15 is 0 Å². The van der Waals surface area contributed by atoms with Crippen LogP contribution in [-0.2, 0) is 0 Å². The fraction of sp³-hybridized carbons (Fsp3) is 0.0526. The molecule has 0 amide bonds. The van der Waals surface area contributed by atoms with Crippen LogP contribution in [0.1, 0.15) is 11.1 Å². The lowest BCUT2D eigenvalue weighted by molar-refractivity contribution is 0.462. The zero-order valence-corrected chi connectivity index (χ0v) is 13.7. The summed E-state index contributed by atoms with van der Waals surface area (Å²) in [7, 11) is 0. The Hall–Kier alpha value is -3.41. The first kappa shape index (κ1) is 16.4. The number of hydrogen-bond acceptors (Lipinski definition) is 5. The van der Waals surface area contributed by atoms with Crippen LogP contribution in [0.25, 0.3) is 6.08 Å². The monoisotopic (exact) mass is 336 g/mol. The third kappa shape index (κ3) is 3.92. The normalized spacial score (nSPS) is 10.3. The second-order valence-corrected chi connectivity index (χ2v) is 5.40. The summed E-state index contributed by atoms with van der Waals surface area (Å²) < 4.78 is 19.4. The van der Waals surface area contributed by atoms with E-state index in [4.69, 9.17) is 10.5 Å². The van der Waals surface area contributed by atoms with Crippen molar-refractivity contribution in [2.24, 2.45) is 0 Å². The lowest BCUT2D eigenvalue weighted by atomic mass is 10.2. The minimum Gasteiger partial charge on any atom is -0.439 e. The van der Waals surface area contributed by atoms with Crippen molar-refractivity contribution in [2.45, 2.75) is 6.92 Å². The molecule has 0 spiro atoms. The van der Waals surface area contributed by atoms with Gasteiger partial charge in [0.05, 0.1) is 0 Å². The molecule has 1 heterocycles. The zero-order chi connectivity index (χ0) is 17.8. The van der Waals surface area contributed by atoms with E-state index in [0.29, 0.717) is 34.5 Å². The zero-order valence-electron chi connectivity index (χ0n) is 13.7. The van der Waals surface area contributed by atoms with E-state index in [1.165, 1.54) is 6.07 Å². The summed E-state index contributed by atoms with van der Waals surface area (Å²) in [6, 6.07) is 11.7. The van der Waals surface area contributed by atoms with Crippen molar-refractivity contribution in [3.05, 3.63) is 72.2 Å². The van der Waals surface area contributed by atoms with Gasteiger partial charge in [-0.3, -0.25) is 0 Å². The van der Waals surface area contributed by atoms with Gasteiger partial charge in [-0.15, -0.1) is 0 Å². The van der Waals surface area contributed by atoms with Crippen LogP contribution in [0.15, 0.2) is 55.2 Å². The molecule has 3 rings (SSSR count). The second kappa shape index (κ2) is 7.00. The first-order chi connectivity index (χ1) is 12.0. The van der Waals surface area contributed by atoms with Crippen molar-refractivity contribution in [1.82, 2.24) is 9.97 Å². The Balaban J connectivity index is 1.79. The molecule has 6 heteroatoms. The molecule has 0 radical (unpaired) electrons. The van der Waals surface area contributed by atoms with Gasteiger partial charge in [0.25, 0.3) is 0 Å². The highest BCUT2D eigenvalue weighted by Crippen LogP contribution is 2.25. The predicted octanol–water partition coefficient (Wildman–Crippen LogP) is 4.69. The van der Waals surface area contributed by atoms with Crippen LogP contribution in [0.3, 0.4) is 0 Å². The Bertz CT molecular complexity index is 927. The maximum absolute atomic E-state index is 13.6. The van der Waals surface area contributed by atoms with E-state index in [0.717, 1.165) is 5.56 Å². The number of ether oxygens (including phenoxy) is 1. The second-order valence-electron chi connectivity index (χ2n) is 5.40. The maximum atomic E-state index is 13.6. The van der Waals surface area contributed by atoms with Crippen molar-refractivity contribution in [1.29, 1.82) is 0 Å². The molecule has 0 saturated carbocycles. The molecule has 0 saturated heterocycles. The maximum Gasteiger partial charge on any atom is 0.230 e. The fourth-order valence-electron chi connectivity index (χ4n) is 2.17. The van der Waals surface area contributed by atoms with Gasteiger partial charge in [0.2, 0.25) is 11.8 Å². The van der Waals surface area contributed by atoms with Gasteiger partial charge in [-0.25, -0.2) is 9.37 Å². The molecule has 0 unspecified atom stereocenters. The number of aryl methyl sites for hydroxylation is 1. The molecule has 5 nitrogen and oxygen atoms in total. The minimum atomic E-state index is -0.295. The van der Waals surface area contributed by atoms with Crippen LogP contribution in [0.2, 0.25) is 0 Å². The van der Waals surface area contributed by atoms with E-state index in [2.05, 4.69) is 21.9 Å². The average molecular weight is 336 g/mol. The minimum absolute atomic E-state index is 0.295. The summed E-state index contributed by atoms with van der Waals surface area (Å²) in [6.45, 7) is 5.41. The third-order valence-electron chi connectivity index (χ3n) is 3.56. The highest BCUT2D eigenvalue weighted by atomic mass is 19.1. The molecule has 0 atom stereocenters.